The van der Waals surface area contributed by atoms with Gasteiger partial charge in [-0.2, -0.15) is 0 Å². The molecular weight excluding hydrogens is 220 g/mol. The van der Waals surface area contributed by atoms with Crippen molar-refractivity contribution in [2.75, 3.05) is 19.6 Å². The van der Waals surface area contributed by atoms with Gasteiger partial charge in [0.1, 0.15) is 5.84 Å². The summed E-state index contributed by atoms with van der Waals surface area (Å²) in [5, 5.41) is 17.4. The maximum Gasteiger partial charge on any atom is 0.233 e. The predicted molar refractivity (Wildman–Crippen MR) is 68.0 cm³/mol. The summed E-state index contributed by atoms with van der Waals surface area (Å²) in [6, 6.07) is 0. The molecule has 0 unspecified atom stereocenters. The van der Waals surface area contributed by atoms with Gasteiger partial charge in [0, 0.05) is 12.0 Å². The van der Waals surface area contributed by atoms with Crippen molar-refractivity contribution in [2.24, 2.45) is 16.3 Å². The highest BCUT2D eigenvalue weighted by molar-refractivity contribution is 5.85. The summed E-state index contributed by atoms with van der Waals surface area (Å²) in [5.74, 6) is 0.197. The van der Waals surface area contributed by atoms with E-state index in [-0.39, 0.29) is 17.2 Å². The molecule has 0 saturated heterocycles. The monoisotopic (exact) mass is 244 g/mol. The number of hydrogen-bond acceptors (Lipinski definition) is 4. The second-order valence-electron chi connectivity index (χ2n) is 4.65. The van der Waals surface area contributed by atoms with Crippen LogP contribution < -0.4 is 16.4 Å². The second kappa shape index (κ2) is 7.89. The van der Waals surface area contributed by atoms with Crippen LogP contribution in [-0.4, -0.2) is 36.6 Å². The van der Waals surface area contributed by atoms with Crippen molar-refractivity contribution in [1.82, 2.24) is 10.6 Å². The van der Waals surface area contributed by atoms with E-state index in [1.807, 2.05) is 20.8 Å². The highest BCUT2D eigenvalue weighted by Gasteiger charge is 2.22. The maximum atomic E-state index is 11.3. The Hall–Kier alpha value is -1.30. The van der Waals surface area contributed by atoms with Crippen LogP contribution in [0.5, 0.6) is 0 Å². The largest absolute Gasteiger partial charge is 0.409 e. The summed E-state index contributed by atoms with van der Waals surface area (Å²) < 4.78 is 0. The number of oxime groups is 1. The molecule has 0 aliphatic heterocycles. The molecule has 6 heteroatoms. The van der Waals surface area contributed by atoms with Crippen LogP contribution in [0.15, 0.2) is 5.16 Å². The van der Waals surface area contributed by atoms with Crippen LogP contribution in [0, 0.1) is 5.41 Å². The molecule has 0 heterocycles. The summed E-state index contributed by atoms with van der Waals surface area (Å²) in [4.78, 5) is 11.3. The quantitative estimate of drug-likeness (QED) is 0.162. The summed E-state index contributed by atoms with van der Waals surface area (Å²) >= 11 is 0. The molecule has 0 aliphatic rings. The van der Waals surface area contributed by atoms with Crippen LogP contribution in [0.4, 0.5) is 0 Å². The van der Waals surface area contributed by atoms with E-state index in [1.165, 1.54) is 0 Å². The zero-order chi connectivity index (χ0) is 13.3. The third-order valence-corrected chi connectivity index (χ3v) is 2.59. The standard InChI is InChI=1S/C11H24N4O2/c1-4-6-14-9(16)8-13-7-5-11(2,3)10(12)15-17/h13,17H,4-8H2,1-3H3,(H2,12,15)(H,14,16). The van der Waals surface area contributed by atoms with Crippen LogP contribution in [-0.2, 0) is 4.79 Å². The summed E-state index contributed by atoms with van der Waals surface area (Å²) in [6.07, 6.45) is 1.63. The summed E-state index contributed by atoms with van der Waals surface area (Å²) in [7, 11) is 0. The minimum atomic E-state index is -0.373. The lowest BCUT2D eigenvalue weighted by Gasteiger charge is -2.22. The Morgan fingerprint density at radius 1 is 1.41 bits per heavy atom. The number of hydrogen-bond donors (Lipinski definition) is 4. The van der Waals surface area contributed by atoms with E-state index in [4.69, 9.17) is 10.9 Å². The molecule has 0 spiro atoms. The van der Waals surface area contributed by atoms with E-state index in [1.54, 1.807) is 0 Å². The number of amides is 1. The van der Waals surface area contributed by atoms with Crippen molar-refractivity contribution in [1.29, 1.82) is 0 Å². The van der Waals surface area contributed by atoms with E-state index in [2.05, 4.69) is 15.8 Å². The molecule has 0 saturated carbocycles. The van der Waals surface area contributed by atoms with Crippen LogP contribution in [0.3, 0.4) is 0 Å². The first-order valence-electron chi connectivity index (χ1n) is 5.89. The van der Waals surface area contributed by atoms with Gasteiger partial charge in [-0.1, -0.05) is 25.9 Å². The van der Waals surface area contributed by atoms with E-state index in [0.29, 0.717) is 26.1 Å². The number of nitrogens with zero attached hydrogens (tertiary/aromatic N) is 1. The summed E-state index contributed by atoms with van der Waals surface area (Å²) in [5.41, 5.74) is 5.18. The number of nitrogens with two attached hydrogens (primary N) is 1. The van der Waals surface area contributed by atoms with Crippen LogP contribution >= 0.6 is 0 Å². The molecule has 0 aromatic carbocycles. The lowest BCUT2D eigenvalue weighted by molar-refractivity contribution is -0.120. The van der Waals surface area contributed by atoms with Gasteiger partial charge < -0.3 is 21.6 Å². The molecule has 0 fully saturated rings. The molecule has 0 rings (SSSR count). The molecule has 0 bridgehead atoms. The molecular formula is C11H24N4O2. The number of nitrogens with one attached hydrogen (secondary N) is 2. The normalized spacial score (nSPS) is 12.5. The average molecular weight is 244 g/mol. The summed E-state index contributed by atoms with van der Waals surface area (Å²) in [6.45, 7) is 7.43. The smallest absolute Gasteiger partial charge is 0.233 e. The van der Waals surface area contributed by atoms with Gasteiger partial charge in [0.05, 0.1) is 6.54 Å². The number of carbonyl (C=O) groups excluding carboxylic acids is 1. The maximum absolute atomic E-state index is 11.3. The lowest BCUT2D eigenvalue weighted by Crippen LogP contribution is -2.38. The Labute approximate surface area is 103 Å². The molecule has 5 N–H and O–H groups in total. The van der Waals surface area contributed by atoms with Crippen molar-refractivity contribution in [3.05, 3.63) is 0 Å². The SMILES string of the molecule is CCCNC(=O)CNCCC(C)(C)C(N)=NO. The van der Waals surface area contributed by atoms with Gasteiger partial charge in [-0.3, -0.25) is 4.79 Å². The fourth-order valence-corrected chi connectivity index (χ4v) is 1.19. The topological polar surface area (TPSA) is 99.7 Å². The average Bonchev–Trinajstić information content (AvgIpc) is 2.30. The van der Waals surface area contributed by atoms with E-state index < -0.39 is 0 Å². The van der Waals surface area contributed by atoms with Gasteiger partial charge in [-0.15, -0.1) is 0 Å². The van der Waals surface area contributed by atoms with Crippen molar-refractivity contribution < 1.29 is 10.0 Å². The first-order valence-corrected chi connectivity index (χ1v) is 5.89. The Kier molecular flexibility index (Phi) is 7.29. The lowest BCUT2D eigenvalue weighted by atomic mass is 9.88. The van der Waals surface area contributed by atoms with Gasteiger partial charge in [0.2, 0.25) is 5.91 Å². The van der Waals surface area contributed by atoms with Crippen molar-refractivity contribution in [3.8, 4) is 0 Å². The fourth-order valence-electron chi connectivity index (χ4n) is 1.19. The van der Waals surface area contributed by atoms with Gasteiger partial charge in [0.25, 0.3) is 0 Å². The fraction of sp³-hybridized carbons (Fsp3) is 0.818. The Morgan fingerprint density at radius 2 is 2.06 bits per heavy atom. The minimum Gasteiger partial charge on any atom is -0.409 e. The predicted octanol–water partition coefficient (Wildman–Crippen LogP) is 0.265. The highest BCUT2D eigenvalue weighted by Crippen LogP contribution is 2.19. The number of carbonyl (C=O) groups is 1. The molecule has 17 heavy (non-hydrogen) atoms. The minimum absolute atomic E-state index is 0.00606. The third-order valence-electron chi connectivity index (χ3n) is 2.59. The van der Waals surface area contributed by atoms with Crippen molar-refractivity contribution in [2.45, 2.75) is 33.6 Å². The Bertz CT molecular complexity index is 264. The molecule has 0 aliphatic carbocycles. The first-order chi connectivity index (χ1) is 7.94. The van der Waals surface area contributed by atoms with Crippen molar-refractivity contribution in [3.63, 3.8) is 0 Å². The van der Waals surface area contributed by atoms with Gasteiger partial charge in [0.15, 0.2) is 0 Å². The number of amidine groups is 1. The molecule has 0 aromatic rings. The molecule has 1 amide bonds. The zero-order valence-electron chi connectivity index (χ0n) is 10.9. The molecule has 6 nitrogen and oxygen atoms in total. The second-order valence-corrected chi connectivity index (χ2v) is 4.65. The highest BCUT2D eigenvalue weighted by atomic mass is 16.4. The molecule has 0 aromatic heterocycles. The molecule has 100 valence electrons. The van der Waals surface area contributed by atoms with E-state index in [9.17, 15) is 4.79 Å². The van der Waals surface area contributed by atoms with E-state index >= 15 is 0 Å². The van der Waals surface area contributed by atoms with Crippen molar-refractivity contribution >= 4 is 11.7 Å². The third kappa shape index (κ3) is 6.78. The van der Waals surface area contributed by atoms with Gasteiger partial charge in [-0.05, 0) is 19.4 Å². The van der Waals surface area contributed by atoms with Gasteiger partial charge >= 0.3 is 0 Å². The zero-order valence-corrected chi connectivity index (χ0v) is 10.9. The Balaban J connectivity index is 3.74. The Morgan fingerprint density at radius 3 is 2.59 bits per heavy atom. The van der Waals surface area contributed by atoms with E-state index in [0.717, 1.165) is 6.42 Å². The molecule has 0 radical (unpaired) electrons. The first kappa shape index (κ1) is 15.7. The van der Waals surface area contributed by atoms with Crippen LogP contribution in [0.25, 0.3) is 0 Å². The van der Waals surface area contributed by atoms with Crippen LogP contribution in [0.2, 0.25) is 0 Å². The number of rotatable bonds is 8. The van der Waals surface area contributed by atoms with Gasteiger partial charge in [-0.25, -0.2) is 0 Å². The molecule has 0 atom stereocenters. The van der Waals surface area contributed by atoms with Crippen LogP contribution in [0.1, 0.15) is 33.6 Å².